The normalized spacial score (nSPS) is 11.5. The van der Waals surface area contributed by atoms with Gasteiger partial charge >= 0.3 is 0 Å². The molecule has 4 aromatic rings. The number of hydrogen-bond donors (Lipinski definition) is 0. The lowest BCUT2D eigenvalue weighted by Gasteiger charge is -2.04. The molecule has 0 N–H and O–H groups in total. The van der Waals surface area contributed by atoms with Crippen molar-refractivity contribution in [2.45, 2.75) is 0 Å². The Morgan fingerprint density at radius 2 is 0.808 bits per heavy atom. The zero-order valence-electron chi connectivity index (χ0n) is 14.3. The van der Waals surface area contributed by atoms with Crippen molar-refractivity contribution in [1.82, 2.24) is 9.97 Å². The molecule has 0 fully saturated rings. The molecule has 1 heterocycles. The maximum atomic E-state index is 4.80. The molecule has 2 nitrogen and oxygen atoms in total. The summed E-state index contributed by atoms with van der Waals surface area (Å²) in [5.74, 6) is 0. The van der Waals surface area contributed by atoms with E-state index in [0.29, 0.717) is 0 Å². The van der Waals surface area contributed by atoms with Gasteiger partial charge in [0.1, 0.15) is 0 Å². The minimum absolute atomic E-state index is 0.861. The summed E-state index contributed by atoms with van der Waals surface area (Å²) in [6, 6.07) is 28.4. The summed E-state index contributed by atoms with van der Waals surface area (Å²) in [6.45, 7) is 0. The van der Waals surface area contributed by atoms with Gasteiger partial charge in [-0.05, 0) is 35.4 Å². The van der Waals surface area contributed by atoms with Crippen LogP contribution in [0.1, 0.15) is 22.5 Å². The van der Waals surface area contributed by atoms with Crippen molar-refractivity contribution in [2.75, 3.05) is 0 Å². The molecule has 0 aliphatic rings. The van der Waals surface area contributed by atoms with Crippen molar-refractivity contribution in [3.8, 4) is 0 Å². The molecule has 0 spiro atoms. The smallest absolute Gasteiger partial charge is 0.0894 e. The van der Waals surface area contributed by atoms with E-state index in [9.17, 15) is 0 Å². The van der Waals surface area contributed by atoms with E-state index in [4.69, 9.17) is 9.97 Å². The van der Waals surface area contributed by atoms with Gasteiger partial charge in [0.2, 0.25) is 0 Å². The van der Waals surface area contributed by atoms with Crippen LogP contribution < -0.4 is 0 Å². The van der Waals surface area contributed by atoms with Crippen LogP contribution in [0.25, 0.3) is 35.3 Å². The Bertz CT molecular complexity index is 977. The molecule has 0 aliphatic heterocycles. The second-order valence-electron chi connectivity index (χ2n) is 5.97. The quantitative estimate of drug-likeness (QED) is 0.459. The summed E-state index contributed by atoms with van der Waals surface area (Å²) in [7, 11) is 0. The first-order valence-electron chi connectivity index (χ1n) is 8.61. The Morgan fingerprint density at radius 3 is 1.23 bits per heavy atom. The summed E-state index contributed by atoms with van der Waals surface area (Å²) >= 11 is 0. The summed E-state index contributed by atoms with van der Waals surface area (Å²) in [5.41, 5.74) is 5.80. The van der Waals surface area contributed by atoms with Crippen molar-refractivity contribution in [3.05, 3.63) is 107 Å². The van der Waals surface area contributed by atoms with Crippen molar-refractivity contribution >= 4 is 35.3 Å². The fourth-order valence-corrected chi connectivity index (χ4v) is 2.75. The molecule has 1 aromatic heterocycles. The van der Waals surface area contributed by atoms with E-state index in [2.05, 4.69) is 36.4 Å². The maximum absolute atomic E-state index is 4.80. The maximum Gasteiger partial charge on any atom is 0.0894 e. The predicted molar refractivity (Wildman–Crippen MR) is 110 cm³/mol. The molecule has 0 bridgehead atoms. The minimum Gasteiger partial charge on any atom is -0.245 e. The van der Waals surface area contributed by atoms with Crippen LogP contribution in [0.2, 0.25) is 0 Å². The second kappa shape index (κ2) is 7.58. The van der Waals surface area contributed by atoms with Gasteiger partial charge in [0, 0.05) is 0 Å². The highest BCUT2D eigenvalue weighted by atomic mass is 14.8. The van der Waals surface area contributed by atoms with Gasteiger partial charge in [0.05, 0.1) is 22.4 Å². The van der Waals surface area contributed by atoms with E-state index in [-0.39, 0.29) is 0 Å². The number of rotatable bonds is 4. The monoisotopic (exact) mass is 334 g/mol. The molecule has 0 unspecified atom stereocenters. The zero-order chi connectivity index (χ0) is 17.6. The SMILES string of the molecule is C(=Cc1nc2ccccc2nc1C=Cc1ccccc1)c1ccccc1. The predicted octanol–water partition coefficient (Wildman–Crippen LogP) is 5.97. The van der Waals surface area contributed by atoms with E-state index in [1.807, 2.05) is 72.8 Å². The molecule has 4 rings (SSSR count). The van der Waals surface area contributed by atoms with Crippen molar-refractivity contribution in [1.29, 1.82) is 0 Å². The van der Waals surface area contributed by atoms with Crippen LogP contribution in [-0.4, -0.2) is 9.97 Å². The highest BCUT2D eigenvalue weighted by Crippen LogP contribution is 2.18. The number of hydrogen-bond acceptors (Lipinski definition) is 2. The van der Waals surface area contributed by atoms with Gasteiger partial charge in [-0.2, -0.15) is 0 Å². The first-order valence-corrected chi connectivity index (χ1v) is 8.61. The largest absolute Gasteiger partial charge is 0.245 e. The van der Waals surface area contributed by atoms with E-state index < -0.39 is 0 Å². The topological polar surface area (TPSA) is 25.8 Å². The molecular formula is C24H18N2. The van der Waals surface area contributed by atoms with Crippen molar-refractivity contribution < 1.29 is 0 Å². The lowest BCUT2D eigenvalue weighted by atomic mass is 10.1. The van der Waals surface area contributed by atoms with Crippen LogP contribution in [0.3, 0.4) is 0 Å². The molecule has 0 aliphatic carbocycles. The van der Waals surface area contributed by atoms with Gasteiger partial charge in [-0.15, -0.1) is 0 Å². The third-order valence-electron chi connectivity index (χ3n) is 4.09. The zero-order valence-corrected chi connectivity index (χ0v) is 14.3. The van der Waals surface area contributed by atoms with Gasteiger partial charge < -0.3 is 0 Å². The summed E-state index contributed by atoms with van der Waals surface area (Å²) < 4.78 is 0. The first kappa shape index (κ1) is 16.0. The second-order valence-corrected chi connectivity index (χ2v) is 5.97. The number of benzene rings is 3. The highest BCUT2D eigenvalue weighted by Gasteiger charge is 2.04. The molecule has 2 heteroatoms. The molecule has 26 heavy (non-hydrogen) atoms. The van der Waals surface area contributed by atoms with E-state index in [1.54, 1.807) is 0 Å². The lowest BCUT2D eigenvalue weighted by molar-refractivity contribution is 1.24. The Hall–Kier alpha value is -3.52. The molecule has 0 saturated carbocycles. The number of nitrogens with zero attached hydrogens (tertiary/aromatic N) is 2. The number of aromatic nitrogens is 2. The lowest BCUT2D eigenvalue weighted by Crippen LogP contribution is -1.93. The third kappa shape index (κ3) is 3.76. The van der Waals surface area contributed by atoms with Crippen LogP contribution in [-0.2, 0) is 0 Å². The van der Waals surface area contributed by atoms with Crippen LogP contribution in [0.5, 0.6) is 0 Å². The van der Waals surface area contributed by atoms with Gasteiger partial charge in [0.25, 0.3) is 0 Å². The van der Waals surface area contributed by atoms with Crippen LogP contribution in [0.15, 0.2) is 84.9 Å². The molecular weight excluding hydrogens is 316 g/mol. The Labute approximate surface area is 153 Å². The number of fused-ring (bicyclic) bond motifs is 1. The highest BCUT2D eigenvalue weighted by molar-refractivity contribution is 5.82. The molecule has 0 saturated heterocycles. The minimum atomic E-state index is 0.861. The average molecular weight is 334 g/mol. The van der Waals surface area contributed by atoms with E-state index >= 15 is 0 Å². The van der Waals surface area contributed by atoms with Crippen LogP contribution in [0.4, 0.5) is 0 Å². The average Bonchev–Trinajstić information content (AvgIpc) is 2.72. The molecule has 124 valence electrons. The molecule has 0 amide bonds. The summed E-state index contributed by atoms with van der Waals surface area (Å²) in [4.78, 5) is 9.60. The van der Waals surface area contributed by atoms with Crippen molar-refractivity contribution in [3.63, 3.8) is 0 Å². The van der Waals surface area contributed by atoms with Gasteiger partial charge in [0.15, 0.2) is 0 Å². The van der Waals surface area contributed by atoms with Crippen LogP contribution >= 0.6 is 0 Å². The fraction of sp³-hybridized carbons (Fsp3) is 0. The van der Waals surface area contributed by atoms with E-state index in [1.165, 1.54) is 0 Å². The molecule has 0 radical (unpaired) electrons. The molecule has 0 atom stereocenters. The van der Waals surface area contributed by atoms with Gasteiger partial charge in [-0.25, -0.2) is 9.97 Å². The van der Waals surface area contributed by atoms with Gasteiger partial charge in [-0.3, -0.25) is 0 Å². The fourth-order valence-electron chi connectivity index (χ4n) is 2.75. The standard InChI is InChI=1S/C24H18N2/c1-3-9-19(10-4-1)15-17-23-24(18-16-20-11-5-2-6-12-20)26-22-14-8-7-13-21(22)25-23/h1-18H. The first-order chi connectivity index (χ1) is 12.9. The summed E-state index contributed by atoms with van der Waals surface area (Å²) in [5, 5.41) is 0. The van der Waals surface area contributed by atoms with E-state index in [0.717, 1.165) is 33.5 Å². The Kier molecular flexibility index (Phi) is 4.66. The van der Waals surface area contributed by atoms with Crippen molar-refractivity contribution in [2.24, 2.45) is 0 Å². The number of para-hydroxylation sites is 2. The Balaban J connectivity index is 1.76. The van der Waals surface area contributed by atoms with Crippen LogP contribution in [0, 0.1) is 0 Å². The summed E-state index contributed by atoms with van der Waals surface area (Å²) in [6.07, 6.45) is 8.19. The Morgan fingerprint density at radius 1 is 0.423 bits per heavy atom. The third-order valence-corrected chi connectivity index (χ3v) is 4.09. The van der Waals surface area contributed by atoms with Gasteiger partial charge in [-0.1, -0.05) is 84.9 Å². The molecule has 3 aromatic carbocycles.